The van der Waals surface area contributed by atoms with Crippen LogP contribution in [0.3, 0.4) is 0 Å². The van der Waals surface area contributed by atoms with Crippen LogP contribution in [-0.2, 0) is 9.53 Å². The molecule has 1 aromatic rings. The van der Waals surface area contributed by atoms with E-state index in [1.807, 2.05) is 0 Å². The van der Waals surface area contributed by atoms with E-state index in [4.69, 9.17) is 4.74 Å². The summed E-state index contributed by atoms with van der Waals surface area (Å²) in [5, 5.41) is 0. The van der Waals surface area contributed by atoms with Crippen LogP contribution in [0.4, 0.5) is 0 Å². The lowest BCUT2D eigenvalue weighted by molar-refractivity contribution is -0.147. The smallest absolute Gasteiger partial charge is 0.302 e. The van der Waals surface area contributed by atoms with Gasteiger partial charge in [-0.25, -0.2) is 0 Å². The van der Waals surface area contributed by atoms with E-state index in [9.17, 15) is 4.79 Å². The maximum absolute atomic E-state index is 10.9. The van der Waals surface area contributed by atoms with Crippen LogP contribution in [0.5, 0.6) is 0 Å². The zero-order valence-corrected chi connectivity index (χ0v) is 17.0. The summed E-state index contributed by atoms with van der Waals surface area (Å²) in [7, 11) is 0. The number of carbonyl (C=O) groups excluding carboxylic acids is 1. The van der Waals surface area contributed by atoms with Crippen molar-refractivity contribution in [2.45, 2.75) is 98.0 Å². The average Bonchev–Trinajstić information content (AvgIpc) is 2.57. The second kappa shape index (κ2) is 12.1. The van der Waals surface area contributed by atoms with Crippen LogP contribution in [0.15, 0.2) is 24.3 Å². The SMILES string of the molecule is CC(=O)OC1CCC(c2ccc(C)cc2)CC1.CCCC(C)CCC. The molecule has 0 bridgehead atoms. The fourth-order valence-corrected chi connectivity index (χ4v) is 3.72. The summed E-state index contributed by atoms with van der Waals surface area (Å²) in [6.45, 7) is 10.5. The molecule has 1 fully saturated rings. The molecule has 0 spiro atoms. The minimum Gasteiger partial charge on any atom is -0.463 e. The van der Waals surface area contributed by atoms with E-state index in [-0.39, 0.29) is 12.1 Å². The first-order valence-electron chi connectivity index (χ1n) is 10.2. The van der Waals surface area contributed by atoms with Gasteiger partial charge in [-0.05, 0) is 50.0 Å². The van der Waals surface area contributed by atoms with E-state index in [1.165, 1.54) is 43.7 Å². The van der Waals surface area contributed by atoms with Crippen molar-refractivity contribution in [1.29, 1.82) is 0 Å². The van der Waals surface area contributed by atoms with Gasteiger partial charge >= 0.3 is 5.97 Å². The number of esters is 1. The lowest BCUT2D eigenvalue weighted by Gasteiger charge is -2.28. The van der Waals surface area contributed by atoms with E-state index in [0.717, 1.165) is 31.6 Å². The van der Waals surface area contributed by atoms with Crippen molar-refractivity contribution >= 4 is 5.97 Å². The fourth-order valence-electron chi connectivity index (χ4n) is 3.72. The molecule has 0 unspecified atom stereocenters. The Kier molecular flexibility index (Phi) is 10.5. The number of aryl methyl sites for hydroxylation is 1. The maximum Gasteiger partial charge on any atom is 0.302 e. The van der Waals surface area contributed by atoms with Crippen molar-refractivity contribution in [3.8, 4) is 0 Å². The second-order valence-corrected chi connectivity index (χ2v) is 7.68. The third-order valence-electron chi connectivity index (χ3n) is 5.12. The lowest BCUT2D eigenvalue weighted by atomic mass is 9.82. The van der Waals surface area contributed by atoms with E-state index < -0.39 is 0 Å². The van der Waals surface area contributed by atoms with Gasteiger partial charge in [0.05, 0.1) is 0 Å². The Hall–Kier alpha value is -1.31. The summed E-state index contributed by atoms with van der Waals surface area (Å²) < 4.78 is 5.26. The maximum atomic E-state index is 10.9. The highest BCUT2D eigenvalue weighted by molar-refractivity contribution is 5.66. The third kappa shape index (κ3) is 9.09. The standard InChI is InChI=1S/C15H20O2.C8H18/c1-11-3-5-13(6-4-11)14-7-9-15(10-8-14)17-12(2)16;1-4-6-8(3)7-5-2/h3-6,14-15H,7-10H2,1-2H3;8H,4-7H2,1-3H3. The predicted molar refractivity (Wildman–Crippen MR) is 107 cm³/mol. The summed E-state index contributed by atoms with van der Waals surface area (Å²) in [5.74, 6) is 1.45. The van der Waals surface area contributed by atoms with Gasteiger partial charge in [0.15, 0.2) is 0 Å². The van der Waals surface area contributed by atoms with Gasteiger partial charge in [0, 0.05) is 6.92 Å². The normalized spacial score (nSPS) is 19.9. The van der Waals surface area contributed by atoms with E-state index in [2.05, 4.69) is 52.0 Å². The molecule has 1 aliphatic carbocycles. The largest absolute Gasteiger partial charge is 0.463 e. The quantitative estimate of drug-likeness (QED) is 0.529. The summed E-state index contributed by atoms with van der Waals surface area (Å²) in [6.07, 6.45) is 9.91. The number of hydrogen-bond acceptors (Lipinski definition) is 2. The van der Waals surface area contributed by atoms with Crippen LogP contribution < -0.4 is 0 Å². The number of rotatable bonds is 6. The van der Waals surface area contributed by atoms with Gasteiger partial charge in [-0.2, -0.15) is 0 Å². The highest BCUT2D eigenvalue weighted by Gasteiger charge is 2.23. The van der Waals surface area contributed by atoms with Gasteiger partial charge in [0.25, 0.3) is 0 Å². The Morgan fingerprint density at radius 3 is 2.00 bits per heavy atom. The molecular formula is C23H38O2. The van der Waals surface area contributed by atoms with Crippen LogP contribution in [0.25, 0.3) is 0 Å². The predicted octanol–water partition coefficient (Wildman–Crippen LogP) is 6.81. The Morgan fingerprint density at radius 1 is 1.04 bits per heavy atom. The van der Waals surface area contributed by atoms with Crippen molar-refractivity contribution in [2.75, 3.05) is 0 Å². The molecule has 142 valence electrons. The molecule has 1 saturated carbocycles. The molecule has 2 rings (SSSR count). The van der Waals surface area contributed by atoms with E-state index >= 15 is 0 Å². The Labute approximate surface area is 155 Å². The first-order valence-corrected chi connectivity index (χ1v) is 10.2. The number of ether oxygens (including phenoxy) is 1. The van der Waals surface area contributed by atoms with E-state index in [1.54, 1.807) is 0 Å². The number of hydrogen-bond donors (Lipinski definition) is 0. The minimum absolute atomic E-state index is 0.147. The zero-order chi connectivity index (χ0) is 18.7. The van der Waals surface area contributed by atoms with Crippen LogP contribution >= 0.6 is 0 Å². The summed E-state index contributed by atoms with van der Waals surface area (Å²) in [5.41, 5.74) is 2.74. The molecular weight excluding hydrogens is 308 g/mol. The molecule has 0 aliphatic heterocycles. The molecule has 0 heterocycles. The third-order valence-corrected chi connectivity index (χ3v) is 5.12. The zero-order valence-electron chi connectivity index (χ0n) is 17.0. The fraction of sp³-hybridized carbons (Fsp3) is 0.696. The first-order chi connectivity index (χ1) is 12.0. The van der Waals surface area contributed by atoms with Crippen molar-refractivity contribution in [2.24, 2.45) is 5.92 Å². The van der Waals surface area contributed by atoms with Crippen LogP contribution in [0, 0.1) is 12.8 Å². The number of carbonyl (C=O) groups is 1. The van der Waals surface area contributed by atoms with Gasteiger partial charge in [0.1, 0.15) is 6.10 Å². The van der Waals surface area contributed by atoms with Crippen molar-refractivity contribution in [3.05, 3.63) is 35.4 Å². The molecule has 2 heteroatoms. The van der Waals surface area contributed by atoms with Crippen molar-refractivity contribution < 1.29 is 9.53 Å². The van der Waals surface area contributed by atoms with Gasteiger partial charge < -0.3 is 4.74 Å². The first kappa shape index (κ1) is 21.7. The molecule has 25 heavy (non-hydrogen) atoms. The molecule has 1 aromatic carbocycles. The van der Waals surface area contributed by atoms with E-state index in [0.29, 0.717) is 5.92 Å². The lowest BCUT2D eigenvalue weighted by Crippen LogP contribution is -2.22. The Morgan fingerprint density at radius 2 is 1.56 bits per heavy atom. The topological polar surface area (TPSA) is 26.3 Å². The highest BCUT2D eigenvalue weighted by atomic mass is 16.5. The van der Waals surface area contributed by atoms with Gasteiger partial charge in [0.2, 0.25) is 0 Å². The van der Waals surface area contributed by atoms with Crippen molar-refractivity contribution in [1.82, 2.24) is 0 Å². The minimum atomic E-state index is -0.149. The highest BCUT2D eigenvalue weighted by Crippen LogP contribution is 2.34. The second-order valence-electron chi connectivity index (χ2n) is 7.68. The molecule has 0 N–H and O–H groups in total. The molecule has 0 saturated heterocycles. The molecule has 1 aliphatic rings. The van der Waals surface area contributed by atoms with Crippen LogP contribution in [-0.4, -0.2) is 12.1 Å². The number of benzene rings is 1. The van der Waals surface area contributed by atoms with Crippen LogP contribution in [0.2, 0.25) is 0 Å². The molecule has 0 amide bonds. The Balaban J connectivity index is 0.000000333. The van der Waals surface area contributed by atoms with Crippen molar-refractivity contribution in [3.63, 3.8) is 0 Å². The molecule has 0 radical (unpaired) electrons. The molecule has 0 aromatic heterocycles. The Bertz CT molecular complexity index is 463. The monoisotopic (exact) mass is 346 g/mol. The summed E-state index contributed by atoms with van der Waals surface area (Å²) in [6, 6.07) is 8.80. The summed E-state index contributed by atoms with van der Waals surface area (Å²) >= 11 is 0. The molecule has 2 nitrogen and oxygen atoms in total. The average molecular weight is 347 g/mol. The van der Waals surface area contributed by atoms with Gasteiger partial charge in [-0.1, -0.05) is 76.3 Å². The molecule has 0 atom stereocenters. The summed E-state index contributed by atoms with van der Waals surface area (Å²) in [4.78, 5) is 10.9. The van der Waals surface area contributed by atoms with Crippen LogP contribution in [0.1, 0.15) is 96.1 Å². The van der Waals surface area contributed by atoms with Gasteiger partial charge in [-0.15, -0.1) is 0 Å². The van der Waals surface area contributed by atoms with Gasteiger partial charge in [-0.3, -0.25) is 4.79 Å².